The third-order valence-corrected chi connectivity index (χ3v) is 7.17. The standard InChI is InChI=1S/C22H16N4O3S2/c1-25(2)22-24-19-17(31-22)11-16(30-19)18(27)23-12-6-5-7-13(10-12)26-20(28)14-8-3-4-9-15(14)21(26)29/h3-11H,1-2H3,(H,23,27). The number of amides is 3. The molecule has 0 saturated heterocycles. The number of carbonyl (C=O) groups excluding carboxylic acids is 3. The normalized spacial score (nSPS) is 13.0. The van der Waals surface area contributed by atoms with E-state index in [1.807, 2.05) is 25.1 Å². The van der Waals surface area contributed by atoms with Crippen molar-refractivity contribution in [3.63, 3.8) is 0 Å². The Hall–Kier alpha value is -3.56. The summed E-state index contributed by atoms with van der Waals surface area (Å²) in [6, 6.07) is 15.3. The van der Waals surface area contributed by atoms with E-state index in [2.05, 4.69) is 10.3 Å². The first kappa shape index (κ1) is 19.4. The molecule has 0 saturated carbocycles. The van der Waals surface area contributed by atoms with Gasteiger partial charge in [0.25, 0.3) is 17.7 Å². The van der Waals surface area contributed by atoms with Gasteiger partial charge in [-0.15, -0.1) is 11.3 Å². The van der Waals surface area contributed by atoms with E-state index in [4.69, 9.17) is 0 Å². The summed E-state index contributed by atoms with van der Waals surface area (Å²) in [4.78, 5) is 47.2. The summed E-state index contributed by atoms with van der Waals surface area (Å²) >= 11 is 2.85. The van der Waals surface area contributed by atoms with Crippen LogP contribution in [0.4, 0.5) is 16.5 Å². The number of aromatic nitrogens is 1. The quantitative estimate of drug-likeness (QED) is 0.466. The zero-order valence-corrected chi connectivity index (χ0v) is 18.2. The van der Waals surface area contributed by atoms with E-state index >= 15 is 0 Å². The smallest absolute Gasteiger partial charge is 0.266 e. The van der Waals surface area contributed by atoms with Crippen LogP contribution in [0.15, 0.2) is 54.6 Å². The highest BCUT2D eigenvalue weighted by Gasteiger charge is 2.36. The highest BCUT2D eigenvalue weighted by atomic mass is 32.1. The number of rotatable bonds is 4. The van der Waals surface area contributed by atoms with Crippen molar-refractivity contribution in [3.8, 4) is 0 Å². The van der Waals surface area contributed by atoms with Crippen LogP contribution in [0.3, 0.4) is 0 Å². The van der Waals surface area contributed by atoms with E-state index in [1.54, 1.807) is 48.5 Å². The van der Waals surface area contributed by atoms with Gasteiger partial charge in [-0.3, -0.25) is 14.4 Å². The minimum Gasteiger partial charge on any atom is -0.354 e. The van der Waals surface area contributed by atoms with Crippen molar-refractivity contribution in [2.45, 2.75) is 0 Å². The molecule has 31 heavy (non-hydrogen) atoms. The fourth-order valence-corrected chi connectivity index (χ4v) is 5.39. The van der Waals surface area contributed by atoms with Crippen LogP contribution in [0.1, 0.15) is 30.4 Å². The molecule has 7 nitrogen and oxygen atoms in total. The van der Waals surface area contributed by atoms with Gasteiger partial charge in [-0.05, 0) is 36.4 Å². The number of hydrogen-bond donors (Lipinski definition) is 1. The van der Waals surface area contributed by atoms with Gasteiger partial charge in [0.15, 0.2) is 5.13 Å². The summed E-state index contributed by atoms with van der Waals surface area (Å²) in [5.41, 5.74) is 1.67. The summed E-state index contributed by atoms with van der Waals surface area (Å²) in [5.74, 6) is -1.00. The molecule has 0 spiro atoms. The van der Waals surface area contributed by atoms with E-state index in [0.29, 0.717) is 27.4 Å². The predicted octanol–water partition coefficient (Wildman–Crippen LogP) is 4.48. The number of nitrogens with zero attached hydrogens (tertiary/aromatic N) is 3. The Balaban J connectivity index is 1.38. The van der Waals surface area contributed by atoms with E-state index in [0.717, 1.165) is 19.6 Å². The monoisotopic (exact) mass is 448 g/mol. The zero-order valence-electron chi connectivity index (χ0n) is 16.6. The van der Waals surface area contributed by atoms with Crippen LogP contribution in [-0.2, 0) is 0 Å². The van der Waals surface area contributed by atoms with Crippen molar-refractivity contribution >= 4 is 66.4 Å². The number of thiazole rings is 1. The summed E-state index contributed by atoms with van der Waals surface area (Å²) in [6.07, 6.45) is 0. The number of nitrogens with one attached hydrogen (secondary N) is 1. The fourth-order valence-electron chi connectivity index (χ4n) is 3.37. The number of hydrogen-bond acceptors (Lipinski definition) is 7. The van der Waals surface area contributed by atoms with Crippen LogP contribution in [-0.4, -0.2) is 36.8 Å². The molecule has 9 heteroatoms. The summed E-state index contributed by atoms with van der Waals surface area (Å²) < 4.78 is 0.957. The molecule has 1 aliphatic heterocycles. The molecule has 2 aromatic carbocycles. The highest BCUT2D eigenvalue weighted by molar-refractivity contribution is 7.29. The van der Waals surface area contributed by atoms with Crippen LogP contribution in [0.25, 0.3) is 9.53 Å². The Kier molecular flexibility index (Phi) is 4.57. The van der Waals surface area contributed by atoms with Gasteiger partial charge in [-0.25, -0.2) is 9.88 Å². The van der Waals surface area contributed by atoms with Gasteiger partial charge in [0, 0.05) is 19.8 Å². The second kappa shape index (κ2) is 7.29. The molecule has 1 N–H and O–H groups in total. The number of thiophene rings is 1. The molecule has 3 amide bonds. The number of fused-ring (bicyclic) bond motifs is 2. The summed E-state index contributed by atoms with van der Waals surface area (Å²) in [5, 5.41) is 3.74. The molecule has 0 atom stereocenters. The van der Waals surface area contributed by atoms with Crippen molar-refractivity contribution in [3.05, 3.63) is 70.6 Å². The number of anilines is 3. The molecule has 2 aromatic heterocycles. The highest BCUT2D eigenvalue weighted by Crippen LogP contribution is 2.34. The predicted molar refractivity (Wildman–Crippen MR) is 124 cm³/mol. The second-order valence-electron chi connectivity index (χ2n) is 7.17. The molecule has 4 aromatic rings. The molecular weight excluding hydrogens is 432 g/mol. The topological polar surface area (TPSA) is 82.6 Å². The molecule has 3 heterocycles. The SMILES string of the molecule is CN(C)c1nc2sc(C(=O)Nc3cccc(N4C(=O)c5ccccc5C4=O)c3)cc2s1. The van der Waals surface area contributed by atoms with Crippen LogP contribution < -0.4 is 15.1 Å². The molecular formula is C22H16N4O3S2. The van der Waals surface area contributed by atoms with Crippen molar-refractivity contribution < 1.29 is 14.4 Å². The lowest BCUT2D eigenvalue weighted by Crippen LogP contribution is -2.29. The molecule has 0 fully saturated rings. The number of imide groups is 1. The Morgan fingerprint density at radius 1 is 0.968 bits per heavy atom. The van der Waals surface area contributed by atoms with Gasteiger partial charge < -0.3 is 10.2 Å². The van der Waals surface area contributed by atoms with Gasteiger partial charge in [0.2, 0.25) is 0 Å². The Morgan fingerprint density at radius 2 is 1.68 bits per heavy atom. The van der Waals surface area contributed by atoms with E-state index in [9.17, 15) is 14.4 Å². The minimum atomic E-state index is -0.370. The maximum atomic E-state index is 12.8. The summed E-state index contributed by atoms with van der Waals surface area (Å²) in [7, 11) is 3.86. The maximum Gasteiger partial charge on any atom is 0.266 e. The van der Waals surface area contributed by atoms with Gasteiger partial charge in [-0.1, -0.05) is 29.5 Å². The Labute approximate surface area is 185 Å². The fraction of sp³-hybridized carbons (Fsp3) is 0.0909. The Morgan fingerprint density at radius 3 is 2.32 bits per heavy atom. The van der Waals surface area contributed by atoms with Gasteiger partial charge in [-0.2, -0.15) is 0 Å². The number of carbonyl (C=O) groups is 3. The average Bonchev–Trinajstić information content (AvgIpc) is 3.40. The lowest BCUT2D eigenvalue weighted by Gasteiger charge is -2.15. The van der Waals surface area contributed by atoms with E-state index in [1.165, 1.54) is 22.7 Å². The van der Waals surface area contributed by atoms with Crippen molar-refractivity contribution in [2.75, 3.05) is 29.2 Å². The van der Waals surface area contributed by atoms with Crippen molar-refractivity contribution in [1.82, 2.24) is 4.98 Å². The van der Waals surface area contributed by atoms with Gasteiger partial charge >= 0.3 is 0 Å². The van der Waals surface area contributed by atoms with Gasteiger partial charge in [0.05, 0.1) is 26.4 Å². The number of benzene rings is 2. The molecule has 0 radical (unpaired) electrons. The van der Waals surface area contributed by atoms with Crippen molar-refractivity contribution in [1.29, 1.82) is 0 Å². The lowest BCUT2D eigenvalue weighted by atomic mass is 10.1. The van der Waals surface area contributed by atoms with E-state index in [-0.39, 0.29) is 17.7 Å². The molecule has 0 aliphatic carbocycles. The van der Waals surface area contributed by atoms with Crippen LogP contribution in [0.5, 0.6) is 0 Å². The first-order valence-corrected chi connectivity index (χ1v) is 11.0. The third kappa shape index (κ3) is 3.28. The second-order valence-corrected chi connectivity index (χ2v) is 9.21. The van der Waals surface area contributed by atoms with Crippen LogP contribution in [0.2, 0.25) is 0 Å². The molecule has 0 unspecified atom stereocenters. The molecule has 0 bridgehead atoms. The van der Waals surface area contributed by atoms with Crippen LogP contribution >= 0.6 is 22.7 Å². The minimum absolute atomic E-state index is 0.263. The first-order valence-electron chi connectivity index (χ1n) is 9.39. The molecule has 1 aliphatic rings. The largest absolute Gasteiger partial charge is 0.354 e. The first-order chi connectivity index (χ1) is 14.9. The maximum absolute atomic E-state index is 12.8. The molecule has 154 valence electrons. The Bertz CT molecular complexity index is 1310. The molecule has 5 rings (SSSR count). The van der Waals surface area contributed by atoms with Crippen molar-refractivity contribution in [2.24, 2.45) is 0 Å². The van der Waals surface area contributed by atoms with E-state index < -0.39 is 0 Å². The zero-order chi connectivity index (χ0) is 21.7. The third-order valence-electron chi connectivity index (χ3n) is 4.84. The van der Waals surface area contributed by atoms with Crippen LogP contribution in [0, 0.1) is 0 Å². The average molecular weight is 449 g/mol. The summed E-state index contributed by atoms with van der Waals surface area (Å²) in [6.45, 7) is 0. The van der Waals surface area contributed by atoms with Gasteiger partial charge in [0.1, 0.15) is 4.83 Å². The lowest BCUT2D eigenvalue weighted by molar-refractivity contribution is 0.0925.